The standard InChI is InChI=1S/C15H10ClN3O4/c16-10-1-3-11(4-2-10)23-13-7-22-6-9(13)5-12(20)14(21)15-17-8-18-19-15/h1-4,6-8H,5H2,(H,17,18,19). The van der Waals surface area contributed by atoms with Crippen molar-refractivity contribution in [2.24, 2.45) is 0 Å². The number of benzene rings is 1. The molecule has 0 aliphatic heterocycles. The number of carbonyl (C=O) groups excluding carboxylic acids is 2. The number of aromatic nitrogens is 3. The number of Topliss-reactive ketones (excluding diaryl/α,β-unsaturated/α-hetero) is 2. The van der Waals surface area contributed by atoms with E-state index in [9.17, 15) is 9.59 Å². The van der Waals surface area contributed by atoms with Crippen molar-refractivity contribution in [2.45, 2.75) is 6.42 Å². The Morgan fingerprint density at radius 1 is 1.22 bits per heavy atom. The number of ether oxygens (including phenoxy) is 1. The van der Waals surface area contributed by atoms with Gasteiger partial charge in [0.05, 0.1) is 6.26 Å². The lowest BCUT2D eigenvalue weighted by atomic mass is 10.1. The number of halogens is 1. The van der Waals surface area contributed by atoms with Gasteiger partial charge in [-0.05, 0) is 24.3 Å². The minimum atomic E-state index is -0.749. The largest absolute Gasteiger partial charge is 0.468 e. The number of hydrogen-bond acceptors (Lipinski definition) is 6. The molecule has 0 fully saturated rings. The number of rotatable bonds is 6. The Balaban J connectivity index is 1.72. The van der Waals surface area contributed by atoms with E-state index in [1.54, 1.807) is 24.3 Å². The minimum absolute atomic E-state index is 0.0985. The van der Waals surface area contributed by atoms with Crippen LogP contribution in [0.4, 0.5) is 0 Å². The third-order valence-electron chi connectivity index (χ3n) is 2.98. The second-order valence-corrected chi connectivity index (χ2v) is 5.02. The van der Waals surface area contributed by atoms with Gasteiger partial charge in [-0.3, -0.25) is 14.7 Å². The first-order chi connectivity index (χ1) is 11.1. The number of carbonyl (C=O) groups is 2. The first-order valence-electron chi connectivity index (χ1n) is 6.55. The van der Waals surface area contributed by atoms with Crippen molar-refractivity contribution in [3.63, 3.8) is 0 Å². The Kier molecular flexibility index (Phi) is 4.20. The van der Waals surface area contributed by atoms with Gasteiger partial charge in [-0.25, -0.2) is 4.98 Å². The molecular formula is C15H10ClN3O4. The fraction of sp³-hybridized carbons (Fsp3) is 0.0667. The molecule has 0 bridgehead atoms. The van der Waals surface area contributed by atoms with Crippen LogP contribution < -0.4 is 4.74 Å². The van der Waals surface area contributed by atoms with Gasteiger partial charge in [-0.1, -0.05) is 11.6 Å². The summed E-state index contributed by atoms with van der Waals surface area (Å²) < 4.78 is 10.7. The summed E-state index contributed by atoms with van der Waals surface area (Å²) in [4.78, 5) is 27.5. The third-order valence-corrected chi connectivity index (χ3v) is 3.23. The molecular weight excluding hydrogens is 322 g/mol. The number of hydrogen-bond donors (Lipinski definition) is 1. The molecule has 0 aliphatic carbocycles. The maximum Gasteiger partial charge on any atom is 0.265 e. The van der Waals surface area contributed by atoms with E-state index in [2.05, 4.69) is 15.2 Å². The molecule has 2 aromatic heterocycles. The van der Waals surface area contributed by atoms with Crippen LogP contribution in [0.5, 0.6) is 11.5 Å². The molecule has 1 aromatic carbocycles. The molecule has 1 N–H and O–H groups in total. The van der Waals surface area contributed by atoms with Crippen molar-refractivity contribution in [3.05, 3.63) is 59.5 Å². The number of furan rings is 1. The normalized spacial score (nSPS) is 10.5. The number of ketones is 2. The molecule has 23 heavy (non-hydrogen) atoms. The zero-order valence-corrected chi connectivity index (χ0v) is 12.4. The van der Waals surface area contributed by atoms with Crippen LogP contribution in [0, 0.1) is 0 Å². The molecule has 0 unspecified atom stereocenters. The van der Waals surface area contributed by atoms with E-state index in [1.807, 2.05) is 0 Å². The maximum atomic E-state index is 12.0. The molecule has 0 spiro atoms. The molecule has 0 saturated heterocycles. The van der Waals surface area contributed by atoms with Crippen LogP contribution >= 0.6 is 11.6 Å². The summed E-state index contributed by atoms with van der Waals surface area (Å²) in [5.74, 6) is -0.610. The zero-order valence-electron chi connectivity index (χ0n) is 11.7. The Morgan fingerprint density at radius 3 is 2.70 bits per heavy atom. The molecule has 0 amide bonds. The zero-order chi connectivity index (χ0) is 16.2. The highest BCUT2D eigenvalue weighted by atomic mass is 35.5. The number of nitrogens with zero attached hydrogens (tertiary/aromatic N) is 2. The van der Waals surface area contributed by atoms with Crippen molar-refractivity contribution >= 4 is 23.2 Å². The summed E-state index contributed by atoms with van der Waals surface area (Å²) in [7, 11) is 0. The summed E-state index contributed by atoms with van der Waals surface area (Å²) in [5, 5.41) is 6.48. The molecule has 0 atom stereocenters. The molecule has 0 radical (unpaired) electrons. The first-order valence-corrected chi connectivity index (χ1v) is 6.92. The van der Waals surface area contributed by atoms with Crippen LogP contribution in [-0.4, -0.2) is 26.7 Å². The summed E-state index contributed by atoms with van der Waals surface area (Å²) in [6, 6.07) is 6.71. The van der Waals surface area contributed by atoms with E-state index in [0.717, 1.165) is 6.33 Å². The number of nitrogens with one attached hydrogen (secondary N) is 1. The fourth-order valence-corrected chi connectivity index (χ4v) is 1.99. The van der Waals surface area contributed by atoms with E-state index >= 15 is 0 Å². The number of H-pyrrole nitrogens is 1. The van der Waals surface area contributed by atoms with Crippen LogP contribution in [-0.2, 0) is 11.2 Å². The van der Waals surface area contributed by atoms with Gasteiger partial charge in [-0.2, -0.15) is 5.10 Å². The lowest BCUT2D eigenvalue weighted by Gasteiger charge is -2.05. The lowest BCUT2D eigenvalue weighted by molar-refractivity contribution is -0.114. The van der Waals surface area contributed by atoms with Crippen LogP contribution in [0.15, 0.2) is 47.5 Å². The van der Waals surface area contributed by atoms with Gasteiger partial charge in [0.1, 0.15) is 18.3 Å². The fourth-order valence-electron chi connectivity index (χ4n) is 1.86. The summed E-state index contributed by atoms with van der Waals surface area (Å²) in [6.45, 7) is 0. The second-order valence-electron chi connectivity index (χ2n) is 4.58. The molecule has 3 aromatic rings. The summed E-state index contributed by atoms with van der Waals surface area (Å²) >= 11 is 5.81. The van der Waals surface area contributed by atoms with Crippen molar-refractivity contribution in [2.75, 3.05) is 0 Å². The average molecular weight is 332 g/mol. The second kappa shape index (κ2) is 6.45. The van der Waals surface area contributed by atoms with E-state index in [0.29, 0.717) is 22.1 Å². The first kappa shape index (κ1) is 15.0. The maximum absolute atomic E-state index is 12.0. The van der Waals surface area contributed by atoms with Crippen molar-refractivity contribution in [3.8, 4) is 11.5 Å². The van der Waals surface area contributed by atoms with E-state index < -0.39 is 11.6 Å². The number of aromatic amines is 1. The van der Waals surface area contributed by atoms with Gasteiger partial charge in [0, 0.05) is 17.0 Å². The monoisotopic (exact) mass is 331 g/mol. The Hall–Kier alpha value is -2.93. The lowest BCUT2D eigenvalue weighted by Crippen LogP contribution is -2.18. The predicted octanol–water partition coefficient (Wildman–Crippen LogP) is 2.84. The Morgan fingerprint density at radius 2 is 2.00 bits per heavy atom. The Labute approximate surface area is 135 Å². The van der Waals surface area contributed by atoms with Crippen LogP contribution in [0.3, 0.4) is 0 Å². The van der Waals surface area contributed by atoms with E-state index in [-0.39, 0.29) is 12.2 Å². The van der Waals surface area contributed by atoms with E-state index in [1.165, 1.54) is 12.5 Å². The van der Waals surface area contributed by atoms with Gasteiger partial charge < -0.3 is 9.15 Å². The highest BCUT2D eigenvalue weighted by molar-refractivity contribution is 6.43. The molecule has 0 aliphatic rings. The molecule has 3 rings (SSSR count). The van der Waals surface area contributed by atoms with Crippen LogP contribution in [0.1, 0.15) is 16.2 Å². The van der Waals surface area contributed by atoms with E-state index in [4.69, 9.17) is 20.8 Å². The van der Waals surface area contributed by atoms with Crippen LogP contribution in [0.25, 0.3) is 0 Å². The highest BCUT2D eigenvalue weighted by Gasteiger charge is 2.22. The van der Waals surface area contributed by atoms with Crippen molar-refractivity contribution in [1.29, 1.82) is 0 Å². The van der Waals surface area contributed by atoms with Gasteiger partial charge in [0.2, 0.25) is 5.78 Å². The smallest absolute Gasteiger partial charge is 0.265 e. The van der Waals surface area contributed by atoms with Crippen LogP contribution in [0.2, 0.25) is 5.02 Å². The topological polar surface area (TPSA) is 98.1 Å². The van der Waals surface area contributed by atoms with Gasteiger partial charge in [0.25, 0.3) is 5.78 Å². The quantitative estimate of drug-likeness (QED) is 0.551. The average Bonchev–Trinajstić information content (AvgIpc) is 3.21. The predicted molar refractivity (Wildman–Crippen MR) is 79.7 cm³/mol. The highest BCUT2D eigenvalue weighted by Crippen LogP contribution is 2.28. The van der Waals surface area contributed by atoms with Crippen molar-refractivity contribution < 1.29 is 18.7 Å². The summed E-state index contributed by atoms with van der Waals surface area (Å²) in [6.07, 6.45) is 3.71. The SMILES string of the molecule is O=C(Cc1cocc1Oc1ccc(Cl)cc1)C(=O)c1ncn[nH]1. The molecule has 2 heterocycles. The van der Waals surface area contributed by atoms with Crippen molar-refractivity contribution in [1.82, 2.24) is 15.2 Å². The Bertz CT molecular complexity index is 825. The molecule has 0 saturated carbocycles. The van der Waals surface area contributed by atoms with Gasteiger partial charge in [0.15, 0.2) is 11.6 Å². The summed E-state index contributed by atoms with van der Waals surface area (Å²) in [5.41, 5.74) is 0.456. The van der Waals surface area contributed by atoms with Gasteiger partial charge >= 0.3 is 0 Å². The molecule has 8 heteroatoms. The van der Waals surface area contributed by atoms with Gasteiger partial charge in [-0.15, -0.1) is 0 Å². The third kappa shape index (κ3) is 3.46. The molecule has 116 valence electrons. The minimum Gasteiger partial charge on any atom is -0.468 e. The molecule has 7 nitrogen and oxygen atoms in total.